The highest BCUT2D eigenvalue weighted by atomic mass is 16.5. The summed E-state index contributed by atoms with van der Waals surface area (Å²) in [6.45, 7) is 3.04. The Hall–Kier alpha value is -1.59. The minimum Gasteiger partial charge on any atom is -0.496 e. The summed E-state index contributed by atoms with van der Waals surface area (Å²) in [6.07, 6.45) is 2.54. The summed E-state index contributed by atoms with van der Waals surface area (Å²) in [5.41, 5.74) is 0.925. The van der Waals surface area contributed by atoms with E-state index in [4.69, 9.17) is 9.47 Å². The molecule has 0 aromatic heterocycles. The summed E-state index contributed by atoms with van der Waals surface area (Å²) in [5, 5.41) is 9.81. The quantitative estimate of drug-likeness (QED) is 0.791. The number of carbonyl (C=O) groups is 1. The lowest BCUT2D eigenvalue weighted by Crippen LogP contribution is -2.45. The molecule has 0 amide bonds. The molecule has 4 unspecified atom stereocenters. The van der Waals surface area contributed by atoms with Gasteiger partial charge in [0.05, 0.1) is 19.1 Å². The summed E-state index contributed by atoms with van der Waals surface area (Å²) in [7, 11) is 5.39. The van der Waals surface area contributed by atoms with Gasteiger partial charge in [-0.05, 0) is 50.4 Å². The number of methoxy groups -OCH3 is 2. The zero-order chi connectivity index (χ0) is 17.7. The lowest BCUT2D eigenvalue weighted by molar-refractivity contribution is -0.146. The Morgan fingerprint density at radius 1 is 1.38 bits per heavy atom. The van der Waals surface area contributed by atoms with Gasteiger partial charge in [0.25, 0.3) is 0 Å². The molecule has 1 aromatic carbocycles. The van der Waals surface area contributed by atoms with Crippen LogP contribution >= 0.6 is 0 Å². The zero-order valence-corrected chi connectivity index (χ0v) is 15.1. The molecular weight excluding hydrogens is 306 g/mol. The first kappa shape index (κ1) is 18.7. The maximum atomic E-state index is 12.0. The molecule has 0 saturated carbocycles. The van der Waals surface area contributed by atoms with Crippen molar-refractivity contribution in [2.45, 2.75) is 38.3 Å². The molecule has 0 spiro atoms. The van der Waals surface area contributed by atoms with Gasteiger partial charge in [0, 0.05) is 13.2 Å². The van der Waals surface area contributed by atoms with Gasteiger partial charge in [-0.1, -0.05) is 25.1 Å². The van der Waals surface area contributed by atoms with Gasteiger partial charge in [-0.15, -0.1) is 0 Å². The van der Waals surface area contributed by atoms with Gasteiger partial charge >= 0.3 is 5.97 Å². The van der Waals surface area contributed by atoms with E-state index in [0.29, 0.717) is 6.42 Å². The molecular formula is C19H29NO4. The second-order valence-electron chi connectivity index (χ2n) is 6.71. The van der Waals surface area contributed by atoms with Crippen molar-refractivity contribution in [3.05, 3.63) is 29.8 Å². The van der Waals surface area contributed by atoms with E-state index >= 15 is 0 Å². The van der Waals surface area contributed by atoms with Crippen LogP contribution in [0.4, 0.5) is 0 Å². The number of benzene rings is 1. The first-order chi connectivity index (χ1) is 11.5. The van der Waals surface area contributed by atoms with Crippen LogP contribution in [0.25, 0.3) is 0 Å². The lowest BCUT2D eigenvalue weighted by atomic mass is 9.81. The topological polar surface area (TPSA) is 59.0 Å². The molecule has 0 aliphatic carbocycles. The SMILES string of the molecule is COc1ccccc1CC(C(=O)O)C(C)C(OC)C1CCCN1C. The highest BCUT2D eigenvalue weighted by Crippen LogP contribution is 2.32. The van der Waals surface area contributed by atoms with Crippen molar-refractivity contribution in [3.63, 3.8) is 0 Å². The molecule has 1 N–H and O–H groups in total. The highest BCUT2D eigenvalue weighted by molar-refractivity contribution is 5.71. The Kier molecular flexibility index (Phi) is 6.63. The molecule has 1 heterocycles. The van der Waals surface area contributed by atoms with E-state index in [1.165, 1.54) is 0 Å². The number of likely N-dealkylation sites (tertiary alicyclic amines) is 1. The van der Waals surface area contributed by atoms with E-state index in [9.17, 15) is 9.90 Å². The number of ether oxygens (including phenoxy) is 2. The fraction of sp³-hybridized carbons (Fsp3) is 0.632. The maximum Gasteiger partial charge on any atom is 0.307 e. The number of hydrogen-bond donors (Lipinski definition) is 1. The molecule has 1 aliphatic rings. The third-order valence-electron chi connectivity index (χ3n) is 5.33. The molecule has 2 rings (SSSR count). The Bertz CT molecular complexity index is 548. The van der Waals surface area contributed by atoms with Gasteiger partial charge in [0.1, 0.15) is 5.75 Å². The largest absolute Gasteiger partial charge is 0.496 e. The predicted octanol–water partition coefficient (Wildman–Crippen LogP) is 2.68. The highest BCUT2D eigenvalue weighted by Gasteiger charge is 2.39. The molecule has 1 fully saturated rings. The van der Waals surface area contributed by atoms with Crippen LogP contribution in [0.15, 0.2) is 24.3 Å². The smallest absolute Gasteiger partial charge is 0.307 e. The summed E-state index contributed by atoms with van der Waals surface area (Å²) < 4.78 is 11.1. The van der Waals surface area contributed by atoms with Gasteiger partial charge in [-0.3, -0.25) is 4.79 Å². The summed E-state index contributed by atoms with van der Waals surface area (Å²) >= 11 is 0. The molecule has 0 bridgehead atoms. The van der Waals surface area contributed by atoms with Crippen molar-refractivity contribution in [3.8, 4) is 5.75 Å². The molecule has 1 saturated heterocycles. The zero-order valence-electron chi connectivity index (χ0n) is 15.1. The van der Waals surface area contributed by atoms with Crippen molar-refractivity contribution < 1.29 is 19.4 Å². The Morgan fingerprint density at radius 3 is 2.62 bits per heavy atom. The van der Waals surface area contributed by atoms with Crippen LogP contribution in [0, 0.1) is 11.8 Å². The average molecular weight is 335 g/mol. The number of hydrogen-bond acceptors (Lipinski definition) is 4. The van der Waals surface area contributed by atoms with Crippen LogP contribution < -0.4 is 4.74 Å². The number of para-hydroxylation sites is 1. The number of carboxylic acid groups (broad SMARTS) is 1. The van der Waals surface area contributed by atoms with Crippen LogP contribution in [0.3, 0.4) is 0 Å². The molecule has 1 aromatic rings. The van der Waals surface area contributed by atoms with Crippen LogP contribution in [-0.2, 0) is 16.0 Å². The molecule has 4 atom stereocenters. The predicted molar refractivity (Wildman–Crippen MR) is 93.4 cm³/mol. The van der Waals surface area contributed by atoms with Crippen molar-refractivity contribution >= 4 is 5.97 Å². The summed E-state index contributed by atoms with van der Waals surface area (Å²) in [4.78, 5) is 14.2. The van der Waals surface area contributed by atoms with E-state index in [1.807, 2.05) is 31.2 Å². The number of rotatable bonds is 8. The Morgan fingerprint density at radius 2 is 2.08 bits per heavy atom. The van der Waals surface area contributed by atoms with Crippen LogP contribution in [0.2, 0.25) is 0 Å². The first-order valence-electron chi connectivity index (χ1n) is 8.57. The van der Waals surface area contributed by atoms with Crippen LogP contribution in [-0.4, -0.2) is 55.9 Å². The molecule has 134 valence electrons. The average Bonchev–Trinajstić information content (AvgIpc) is 2.99. The van der Waals surface area contributed by atoms with Crippen molar-refractivity contribution in [2.75, 3.05) is 27.8 Å². The van der Waals surface area contributed by atoms with E-state index in [-0.39, 0.29) is 18.1 Å². The lowest BCUT2D eigenvalue weighted by Gasteiger charge is -2.35. The number of aliphatic carboxylic acids is 1. The summed E-state index contributed by atoms with van der Waals surface area (Å²) in [5.74, 6) is -0.651. The molecule has 5 heteroatoms. The van der Waals surface area contributed by atoms with Gasteiger partial charge in [-0.2, -0.15) is 0 Å². The third-order valence-corrected chi connectivity index (χ3v) is 5.33. The maximum absolute atomic E-state index is 12.0. The molecule has 1 aliphatic heterocycles. The monoisotopic (exact) mass is 335 g/mol. The van der Waals surface area contributed by atoms with Gasteiger partial charge < -0.3 is 19.5 Å². The van der Waals surface area contributed by atoms with E-state index in [1.54, 1.807) is 14.2 Å². The van der Waals surface area contributed by atoms with Gasteiger partial charge in [-0.25, -0.2) is 0 Å². The third kappa shape index (κ3) is 4.08. The standard InChI is InChI=1S/C19H29NO4/c1-13(18(24-4)16-9-7-11-20(16)2)15(19(21)22)12-14-8-5-6-10-17(14)23-3/h5-6,8,10,13,15-16,18H,7,9,11-12H2,1-4H3,(H,21,22). The van der Waals surface area contributed by atoms with E-state index < -0.39 is 11.9 Å². The van der Waals surface area contributed by atoms with Gasteiger partial charge in [0.2, 0.25) is 0 Å². The molecule has 24 heavy (non-hydrogen) atoms. The summed E-state index contributed by atoms with van der Waals surface area (Å²) in [6, 6.07) is 7.90. The minimum atomic E-state index is -0.781. The van der Waals surface area contributed by atoms with Crippen molar-refractivity contribution in [2.24, 2.45) is 11.8 Å². The number of carboxylic acids is 1. The number of likely N-dealkylation sites (N-methyl/N-ethyl adjacent to an activating group) is 1. The second kappa shape index (κ2) is 8.49. The minimum absolute atomic E-state index is 0.0895. The first-order valence-corrected chi connectivity index (χ1v) is 8.57. The van der Waals surface area contributed by atoms with Gasteiger partial charge in [0.15, 0.2) is 0 Å². The molecule has 5 nitrogen and oxygen atoms in total. The van der Waals surface area contributed by atoms with Crippen LogP contribution in [0.1, 0.15) is 25.3 Å². The fourth-order valence-corrected chi connectivity index (χ4v) is 3.91. The molecule has 0 radical (unpaired) electrons. The van der Waals surface area contributed by atoms with Crippen LogP contribution in [0.5, 0.6) is 5.75 Å². The Balaban J connectivity index is 2.20. The Labute approximate surface area is 144 Å². The van der Waals surface area contributed by atoms with E-state index in [2.05, 4.69) is 11.9 Å². The van der Waals surface area contributed by atoms with Crippen molar-refractivity contribution in [1.82, 2.24) is 4.90 Å². The second-order valence-corrected chi connectivity index (χ2v) is 6.71. The van der Waals surface area contributed by atoms with Crippen molar-refractivity contribution in [1.29, 1.82) is 0 Å². The van der Waals surface area contributed by atoms with E-state index in [0.717, 1.165) is 30.7 Å². The normalized spacial score (nSPS) is 22.1. The number of nitrogens with zero attached hydrogens (tertiary/aromatic N) is 1. The fourth-order valence-electron chi connectivity index (χ4n) is 3.91.